The van der Waals surface area contributed by atoms with Gasteiger partial charge in [0.05, 0.1) is 4.92 Å². The monoisotopic (exact) mass is 231 g/mol. The largest absolute Gasteiger partial charge is 0.324 e. The summed E-state index contributed by atoms with van der Waals surface area (Å²) in [7, 11) is 0. The fourth-order valence-corrected chi connectivity index (χ4v) is 2.03. The molecule has 0 radical (unpaired) electrons. The maximum Gasteiger partial charge on any atom is 0.324 e. The zero-order chi connectivity index (χ0) is 10.6. The maximum atomic E-state index is 10.4. The fraction of sp³-hybridized carbons (Fsp3) is 0.333. The van der Waals surface area contributed by atoms with Gasteiger partial charge in [0.2, 0.25) is 0 Å². The van der Waals surface area contributed by atoms with E-state index in [2.05, 4.69) is 0 Å². The molecule has 0 N–H and O–H groups in total. The molecule has 0 bridgehead atoms. The molecule has 3 nitrogen and oxygen atoms in total. The molecule has 14 heavy (non-hydrogen) atoms. The van der Waals surface area contributed by atoms with Gasteiger partial charge < -0.3 is 0 Å². The molecule has 76 valence electrons. The van der Waals surface area contributed by atoms with Crippen LogP contribution in [0.25, 0.3) is 6.08 Å². The highest BCUT2D eigenvalue weighted by atomic mass is 35.5. The number of allylic oxidation sites excluding steroid dienone is 1. The van der Waals surface area contributed by atoms with Gasteiger partial charge in [-0.3, -0.25) is 10.1 Å². The van der Waals surface area contributed by atoms with Crippen molar-refractivity contribution in [1.29, 1.82) is 0 Å². The number of thiophene rings is 1. The lowest BCUT2D eigenvalue weighted by molar-refractivity contribution is -0.380. The number of hydrogen-bond acceptors (Lipinski definition) is 3. The number of rotatable bonds is 4. The molecule has 0 fully saturated rings. The average Bonchev–Trinajstić information content (AvgIpc) is 2.62. The Morgan fingerprint density at radius 2 is 2.43 bits per heavy atom. The fourth-order valence-electron chi connectivity index (χ4n) is 0.954. The summed E-state index contributed by atoms with van der Waals surface area (Å²) in [5.41, 5.74) is 1.09. The van der Waals surface area contributed by atoms with E-state index in [1.165, 1.54) is 17.4 Å². The van der Waals surface area contributed by atoms with E-state index in [0.29, 0.717) is 5.88 Å². The summed E-state index contributed by atoms with van der Waals surface area (Å²) in [4.78, 5) is 10.9. The van der Waals surface area contributed by atoms with E-state index in [0.717, 1.165) is 16.9 Å². The minimum atomic E-state index is -0.381. The Morgan fingerprint density at radius 3 is 2.86 bits per heavy atom. The number of nitrogens with zero attached hydrogens (tertiary/aromatic N) is 1. The minimum absolute atomic E-state index is 0.168. The number of hydrogen-bond donors (Lipinski definition) is 0. The number of nitro groups is 1. The van der Waals surface area contributed by atoms with Crippen molar-refractivity contribution in [2.45, 2.75) is 13.3 Å². The first kappa shape index (κ1) is 11.2. The molecule has 0 atom stereocenters. The molecule has 0 spiro atoms. The third-order valence-electron chi connectivity index (χ3n) is 1.76. The van der Waals surface area contributed by atoms with Crippen molar-refractivity contribution in [1.82, 2.24) is 0 Å². The van der Waals surface area contributed by atoms with E-state index in [4.69, 9.17) is 11.6 Å². The van der Waals surface area contributed by atoms with Crippen LogP contribution in [0.5, 0.6) is 0 Å². The molecule has 0 aliphatic rings. The van der Waals surface area contributed by atoms with Crippen LogP contribution in [-0.4, -0.2) is 10.8 Å². The third-order valence-corrected chi connectivity index (χ3v) is 3.09. The van der Waals surface area contributed by atoms with Crippen molar-refractivity contribution < 1.29 is 4.92 Å². The van der Waals surface area contributed by atoms with Gasteiger partial charge in [-0.15, -0.1) is 11.6 Å². The molecule has 0 aromatic carbocycles. The normalized spacial score (nSPS) is 11.7. The summed E-state index contributed by atoms with van der Waals surface area (Å²) in [5, 5.41) is 10.6. The Labute approximate surface area is 91.2 Å². The predicted molar refractivity (Wildman–Crippen MR) is 60.0 cm³/mol. The molecular formula is C9H10ClNO2S. The van der Waals surface area contributed by atoms with Gasteiger partial charge in [0.1, 0.15) is 0 Å². The summed E-state index contributed by atoms with van der Waals surface area (Å²) in [6, 6.07) is 3.25. The first-order valence-corrected chi connectivity index (χ1v) is 5.52. The van der Waals surface area contributed by atoms with Gasteiger partial charge in [-0.2, -0.15) is 0 Å². The Balaban J connectivity index is 2.87. The van der Waals surface area contributed by atoms with Gasteiger partial charge >= 0.3 is 5.00 Å². The van der Waals surface area contributed by atoms with Crippen LogP contribution in [0.3, 0.4) is 0 Å². The lowest BCUT2D eigenvalue weighted by atomic mass is 10.2. The summed E-state index contributed by atoms with van der Waals surface area (Å²) >= 11 is 6.86. The number of halogens is 1. The van der Waals surface area contributed by atoms with Crippen LogP contribution in [0.15, 0.2) is 17.7 Å². The molecule has 0 unspecified atom stereocenters. The summed E-state index contributed by atoms with van der Waals surface area (Å²) in [6.07, 6.45) is 2.78. The van der Waals surface area contributed by atoms with Crippen molar-refractivity contribution in [3.8, 4) is 0 Å². The second kappa shape index (κ2) is 5.12. The summed E-state index contributed by atoms with van der Waals surface area (Å²) < 4.78 is 0. The Kier molecular flexibility index (Phi) is 4.10. The van der Waals surface area contributed by atoms with E-state index < -0.39 is 0 Å². The van der Waals surface area contributed by atoms with Gasteiger partial charge in [-0.1, -0.05) is 23.8 Å². The standard InChI is InChI=1S/C9H10ClNO2S/c1-2-7(6-10)5-8-3-4-9(14-8)11(12)13/h3-5H,2,6H2,1H3/b7-5-. The lowest BCUT2D eigenvalue weighted by Crippen LogP contribution is -1.81. The average molecular weight is 232 g/mol. The Bertz CT molecular complexity index is 353. The molecule has 1 aromatic rings. The lowest BCUT2D eigenvalue weighted by Gasteiger charge is -1.95. The minimum Gasteiger partial charge on any atom is -0.258 e. The second-order valence-corrected chi connectivity index (χ2v) is 4.08. The van der Waals surface area contributed by atoms with Gasteiger partial charge in [-0.25, -0.2) is 0 Å². The van der Waals surface area contributed by atoms with E-state index >= 15 is 0 Å². The molecule has 0 saturated carbocycles. The van der Waals surface area contributed by atoms with E-state index in [1.54, 1.807) is 6.07 Å². The third kappa shape index (κ3) is 2.82. The second-order valence-electron chi connectivity index (χ2n) is 2.72. The molecule has 0 amide bonds. The first-order chi connectivity index (χ1) is 6.67. The highest BCUT2D eigenvalue weighted by Crippen LogP contribution is 2.26. The topological polar surface area (TPSA) is 43.1 Å². The molecule has 1 heterocycles. The Hall–Kier alpha value is -0.870. The van der Waals surface area contributed by atoms with Crippen LogP contribution in [0.1, 0.15) is 18.2 Å². The van der Waals surface area contributed by atoms with Crippen LogP contribution < -0.4 is 0 Å². The van der Waals surface area contributed by atoms with Crippen LogP contribution in [0.4, 0.5) is 5.00 Å². The molecule has 0 aliphatic carbocycles. The molecule has 0 aliphatic heterocycles. The van der Waals surface area contributed by atoms with Gasteiger partial charge in [0.25, 0.3) is 0 Å². The van der Waals surface area contributed by atoms with Gasteiger partial charge in [0, 0.05) is 16.8 Å². The van der Waals surface area contributed by atoms with E-state index in [9.17, 15) is 10.1 Å². The van der Waals surface area contributed by atoms with Crippen molar-refractivity contribution in [2.24, 2.45) is 0 Å². The Morgan fingerprint density at radius 1 is 1.71 bits per heavy atom. The SMILES string of the molecule is CC/C(=C/c1ccc([N+](=O)[O-])s1)CCl. The molecule has 5 heteroatoms. The molecule has 0 saturated heterocycles. The zero-order valence-corrected chi connectivity index (χ0v) is 9.27. The quantitative estimate of drug-likeness (QED) is 0.451. The predicted octanol–water partition coefficient (Wildman–Crippen LogP) is 3.69. The first-order valence-electron chi connectivity index (χ1n) is 4.17. The van der Waals surface area contributed by atoms with E-state index in [1.807, 2.05) is 13.0 Å². The maximum absolute atomic E-state index is 10.4. The highest BCUT2D eigenvalue weighted by molar-refractivity contribution is 7.16. The van der Waals surface area contributed by atoms with Crippen LogP contribution in [0, 0.1) is 10.1 Å². The highest BCUT2D eigenvalue weighted by Gasteiger charge is 2.08. The smallest absolute Gasteiger partial charge is 0.258 e. The van der Waals surface area contributed by atoms with Crippen molar-refractivity contribution in [2.75, 3.05) is 5.88 Å². The van der Waals surface area contributed by atoms with Gasteiger partial charge in [0.15, 0.2) is 0 Å². The summed E-state index contributed by atoms with van der Waals surface area (Å²) in [5.74, 6) is 0.474. The molecular weight excluding hydrogens is 222 g/mol. The van der Waals surface area contributed by atoms with Crippen LogP contribution in [0.2, 0.25) is 0 Å². The van der Waals surface area contributed by atoms with Gasteiger partial charge in [-0.05, 0) is 18.6 Å². The van der Waals surface area contributed by atoms with Crippen molar-refractivity contribution in [3.63, 3.8) is 0 Å². The molecule has 1 rings (SSSR count). The zero-order valence-electron chi connectivity index (χ0n) is 7.70. The van der Waals surface area contributed by atoms with Crippen LogP contribution in [-0.2, 0) is 0 Å². The molecule has 1 aromatic heterocycles. The number of alkyl halides is 1. The summed E-state index contributed by atoms with van der Waals surface area (Å²) in [6.45, 7) is 2.01. The van der Waals surface area contributed by atoms with Crippen LogP contribution >= 0.6 is 22.9 Å². The van der Waals surface area contributed by atoms with E-state index in [-0.39, 0.29) is 9.92 Å². The van der Waals surface area contributed by atoms with Crippen molar-refractivity contribution >= 4 is 34.0 Å². The van der Waals surface area contributed by atoms with Crippen molar-refractivity contribution in [3.05, 3.63) is 32.7 Å².